The summed E-state index contributed by atoms with van der Waals surface area (Å²) in [6.07, 6.45) is 7.61. The zero-order chi connectivity index (χ0) is 19.7. The van der Waals surface area contributed by atoms with Gasteiger partial charge in [-0.3, -0.25) is 4.79 Å². The van der Waals surface area contributed by atoms with Crippen LogP contribution in [0, 0.1) is 6.92 Å². The van der Waals surface area contributed by atoms with Crippen LogP contribution in [0.1, 0.15) is 37.5 Å². The van der Waals surface area contributed by atoms with Crippen LogP contribution in [0.25, 0.3) is 11.0 Å². The van der Waals surface area contributed by atoms with Crippen molar-refractivity contribution in [1.82, 2.24) is 24.0 Å². The zero-order valence-corrected chi connectivity index (χ0v) is 16.4. The van der Waals surface area contributed by atoms with Gasteiger partial charge in [0.05, 0.1) is 35.5 Å². The highest BCUT2D eigenvalue weighted by Gasteiger charge is 2.39. The van der Waals surface area contributed by atoms with Gasteiger partial charge in [0, 0.05) is 32.4 Å². The van der Waals surface area contributed by atoms with Crippen LogP contribution >= 0.6 is 0 Å². The number of para-hydroxylation sites is 2. The lowest BCUT2D eigenvalue weighted by molar-refractivity contribution is -0.134. The van der Waals surface area contributed by atoms with Gasteiger partial charge in [0.25, 0.3) is 0 Å². The van der Waals surface area contributed by atoms with Gasteiger partial charge in [-0.25, -0.2) is 9.97 Å². The number of hydrogen-bond acceptors (Lipinski definition) is 4. The van der Waals surface area contributed by atoms with Crippen molar-refractivity contribution in [2.24, 2.45) is 0 Å². The Morgan fingerprint density at radius 1 is 1.32 bits per heavy atom. The van der Waals surface area contributed by atoms with E-state index in [-0.39, 0.29) is 18.0 Å². The van der Waals surface area contributed by atoms with Crippen LogP contribution in [0.3, 0.4) is 0 Å². The number of nitrogens with zero attached hydrogens (tertiary/aromatic N) is 5. The van der Waals surface area contributed by atoms with E-state index in [1.165, 1.54) is 0 Å². The van der Waals surface area contributed by atoms with E-state index in [2.05, 4.69) is 20.6 Å². The number of aliphatic hydroxyl groups is 1. The second-order valence-electron chi connectivity index (χ2n) is 7.62. The van der Waals surface area contributed by atoms with Gasteiger partial charge >= 0.3 is 0 Å². The summed E-state index contributed by atoms with van der Waals surface area (Å²) in [6.45, 7) is 2.76. The molecule has 1 fully saturated rings. The van der Waals surface area contributed by atoms with Gasteiger partial charge in [-0.15, -0.1) is 0 Å². The predicted molar refractivity (Wildman–Crippen MR) is 107 cm³/mol. The minimum atomic E-state index is -0.567. The molecule has 28 heavy (non-hydrogen) atoms. The van der Waals surface area contributed by atoms with Crippen LogP contribution < -0.4 is 0 Å². The zero-order valence-electron chi connectivity index (χ0n) is 16.4. The molecule has 148 valence electrons. The quantitative estimate of drug-likeness (QED) is 0.712. The summed E-state index contributed by atoms with van der Waals surface area (Å²) in [5.41, 5.74) is 2.10. The molecule has 0 radical (unpaired) electrons. The van der Waals surface area contributed by atoms with Crippen molar-refractivity contribution in [2.45, 2.75) is 57.3 Å². The Bertz CT molecular complexity index is 949. The third-order valence-corrected chi connectivity index (χ3v) is 5.96. The molecular weight excluding hydrogens is 354 g/mol. The Hall–Kier alpha value is -2.67. The summed E-state index contributed by atoms with van der Waals surface area (Å²) < 4.78 is 4.11. The molecule has 1 N–H and O–H groups in total. The summed E-state index contributed by atoms with van der Waals surface area (Å²) in [5.74, 6) is 1.05. The highest BCUT2D eigenvalue weighted by molar-refractivity contribution is 5.77. The normalized spacial score (nSPS) is 22.0. The summed E-state index contributed by atoms with van der Waals surface area (Å²) in [5, 5.41) is 10.7. The summed E-state index contributed by atoms with van der Waals surface area (Å²) in [7, 11) is 1.81. The number of aliphatic hydroxyl groups excluding tert-OH is 1. The first kappa shape index (κ1) is 18.7. The highest BCUT2D eigenvalue weighted by Crippen LogP contribution is 2.33. The average molecular weight is 381 g/mol. The van der Waals surface area contributed by atoms with E-state index in [1.54, 1.807) is 17.4 Å². The minimum absolute atomic E-state index is 0.0114. The van der Waals surface area contributed by atoms with Crippen LogP contribution in [0.2, 0.25) is 0 Å². The lowest BCUT2D eigenvalue weighted by Crippen LogP contribution is -2.43. The Kier molecular flexibility index (Phi) is 5.17. The molecule has 7 nitrogen and oxygen atoms in total. The molecule has 0 spiro atoms. The number of fused-ring (bicyclic) bond motifs is 1. The van der Waals surface area contributed by atoms with Crippen molar-refractivity contribution in [3.63, 3.8) is 0 Å². The topological polar surface area (TPSA) is 76.2 Å². The number of carbonyl (C=O) groups is 1. The van der Waals surface area contributed by atoms with Crippen molar-refractivity contribution < 1.29 is 9.90 Å². The molecule has 7 heteroatoms. The molecule has 0 saturated heterocycles. The smallest absolute Gasteiger partial charge is 0.222 e. The number of imidazole rings is 2. The van der Waals surface area contributed by atoms with E-state index in [0.717, 1.165) is 42.7 Å². The molecule has 4 rings (SSSR count). The van der Waals surface area contributed by atoms with E-state index in [1.807, 2.05) is 42.9 Å². The van der Waals surface area contributed by atoms with E-state index >= 15 is 0 Å². The molecule has 2 aromatic heterocycles. The number of rotatable bonds is 6. The maximum Gasteiger partial charge on any atom is 0.222 e. The monoisotopic (exact) mass is 381 g/mol. The van der Waals surface area contributed by atoms with Crippen LogP contribution in [-0.2, 0) is 11.3 Å². The molecule has 1 aliphatic carbocycles. The minimum Gasteiger partial charge on any atom is -0.389 e. The Labute approximate surface area is 164 Å². The first-order valence-corrected chi connectivity index (χ1v) is 9.89. The number of hydrogen-bond donors (Lipinski definition) is 1. The maximum absolute atomic E-state index is 12.7. The van der Waals surface area contributed by atoms with Gasteiger partial charge < -0.3 is 19.1 Å². The summed E-state index contributed by atoms with van der Waals surface area (Å²) in [4.78, 5) is 23.1. The molecule has 2 heterocycles. The Balaban J connectivity index is 1.34. The molecule has 1 aliphatic rings. The van der Waals surface area contributed by atoms with Gasteiger partial charge in [0.1, 0.15) is 5.82 Å². The van der Waals surface area contributed by atoms with E-state index < -0.39 is 6.10 Å². The van der Waals surface area contributed by atoms with Gasteiger partial charge in [0.15, 0.2) is 0 Å². The third kappa shape index (κ3) is 3.42. The molecule has 1 amide bonds. The third-order valence-electron chi connectivity index (χ3n) is 5.96. The highest BCUT2D eigenvalue weighted by atomic mass is 16.3. The van der Waals surface area contributed by atoms with Crippen LogP contribution in [-0.4, -0.2) is 54.2 Å². The van der Waals surface area contributed by atoms with Crippen molar-refractivity contribution in [3.05, 3.63) is 48.8 Å². The van der Waals surface area contributed by atoms with Gasteiger partial charge in [0.2, 0.25) is 5.91 Å². The van der Waals surface area contributed by atoms with Gasteiger partial charge in [-0.2, -0.15) is 0 Å². The predicted octanol–water partition coefficient (Wildman–Crippen LogP) is 2.54. The second-order valence-corrected chi connectivity index (χ2v) is 7.62. The van der Waals surface area contributed by atoms with Crippen molar-refractivity contribution >= 4 is 16.9 Å². The molecule has 3 atom stereocenters. The maximum atomic E-state index is 12.7. The summed E-state index contributed by atoms with van der Waals surface area (Å²) in [6, 6.07) is 7.92. The van der Waals surface area contributed by atoms with Crippen LogP contribution in [0.15, 0.2) is 43.0 Å². The Morgan fingerprint density at radius 3 is 2.93 bits per heavy atom. The molecule has 3 aromatic rings. The number of aromatic nitrogens is 4. The molecule has 0 aliphatic heterocycles. The lowest BCUT2D eigenvalue weighted by atomic mass is 10.1. The fourth-order valence-electron chi connectivity index (χ4n) is 4.38. The van der Waals surface area contributed by atoms with Crippen molar-refractivity contribution in [3.8, 4) is 0 Å². The van der Waals surface area contributed by atoms with Crippen molar-refractivity contribution in [2.75, 3.05) is 7.05 Å². The fourth-order valence-corrected chi connectivity index (χ4v) is 4.38. The van der Waals surface area contributed by atoms with E-state index in [9.17, 15) is 9.90 Å². The van der Waals surface area contributed by atoms with Crippen molar-refractivity contribution in [1.29, 1.82) is 0 Å². The summed E-state index contributed by atoms with van der Waals surface area (Å²) >= 11 is 0. The number of amides is 1. The largest absolute Gasteiger partial charge is 0.389 e. The van der Waals surface area contributed by atoms with E-state index in [0.29, 0.717) is 6.42 Å². The SMILES string of the molecule is Cc1nc2ccccc2n1CCCC(=O)N(C)[C@@H]1CC[C@@H](n2ccnc2)[C@@H]1O. The fraction of sp³-hybridized carbons (Fsp3) is 0.476. The number of carbonyl (C=O) groups excluding carboxylic acids is 1. The Morgan fingerprint density at radius 2 is 2.14 bits per heavy atom. The van der Waals surface area contributed by atoms with Gasteiger partial charge in [-0.1, -0.05) is 12.1 Å². The van der Waals surface area contributed by atoms with E-state index in [4.69, 9.17) is 0 Å². The molecule has 0 bridgehead atoms. The lowest BCUT2D eigenvalue weighted by Gasteiger charge is -2.29. The second kappa shape index (κ2) is 7.75. The molecular formula is C21H27N5O2. The van der Waals surface area contributed by atoms with Crippen LogP contribution in [0.5, 0.6) is 0 Å². The number of likely N-dealkylation sites (N-methyl/N-ethyl adjacent to an activating group) is 1. The standard InChI is InChI=1S/C21H27N5O2/c1-15-23-16-6-3-4-7-17(16)26(15)12-5-8-20(27)24(2)18-9-10-19(21(18)28)25-13-11-22-14-25/h3-4,6-7,11,13-14,18-19,21,28H,5,8-10,12H2,1-2H3/t18-,19-,21-/m1/s1. The number of aryl methyl sites for hydroxylation is 2. The average Bonchev–Trinajstić information content (AvgIpc) is 3.40. The van der Waals surface area contributed by atoms with Gasteiger partial charge in [-0.05, 0) is 38.3 Å². The molecule has 0 unspecified atom stereocenters. The number of benzene rings is 1. The first-order valence-electron chi connectivity index (χ1n) is 9.89. The van der Waals surface area contributed by atoms with Crippen LogP contribution in [0.4, 0.5) is 0 Å². The molecule has 1 saturated carbocycles. The first-order chi connectivity index (χ1) is 13.6. The molecule has 1 aromatic carbocycles.